The number of hydrogen-bond donors (Lipinski definition) is 0. The molecule has 0 amide bonds. The molecular formula is C34H38N2O. The fourth-order valence-corrected chi connectivity index (χ4v) is 5.36. The molecule has 190 valence electrons. The lowest BCUT2D eigenvalue weighted by atomic mass is 9.94. The number of anilines is 2. The standard InChI is InChI=1S/C34H38N2O/c1-5-13-29(14-6-1)27-35(31-15-7-2-8-16-31)25-26-37-34-23-21-30(22-24-34)28-36(32-17-9-3-10-18-32)33-19-11-4-12-20-33/h1,3-6,9-14,17-24,31H,2,7-8,15-16,25-28H2. The van der Waals surface area contributed by atoms with Gasteiger partial charge in [0.25, 0.3) is 0 Å². The first-order chi connectivity index (χ1) is 18.3. The maximum absolute atomic E-state index is 6.24. The van der Waals surface area contributed by atoms with Crippen LogP contribution in [0.5, 0.6) is 5.75 Å². The molecule has 0 saturated heterocycles. The number of rotatable bonds is 11. The van der Waals surface area contributed by atoms with Crippen LogP contribution in [0, 0.1) is 0 Å². The van der Waals surface area contributed by atoms with Gasteiger partial charge in [-0.3, -0.25) is 4.90 Å². The van der Waals surface area contributed by atoms with Crippen LogP contribution < -0.4 is 9.64 Å². The maximum Gasteiger partial charge on any atom is 0.119 e. The van der Waals surface area contributed by atoms with Crippen molar-refractivity contribution in [1.82, 2.24) is 4.90 Å². The fourth-order valence-electron chi connectivity index (χ4n) is 5.36. The Morgan fingerprint density at radius 2 is 1.11 bits per heavy atom. The summed E-state index contributed by atoms with van der Waals surface area (Å²) in [4.78, 5) is 4.99. The highest BCUT2D eigenvalue weighted by Crippen LogP contribution is 2.28. The van der Waals surface area contributed by atoms with E-state index in [1.54, 1.807) is 0 Å². The van der Waals surface area contributed by atoms with Crippen molar-refractivity contribution in [2.45, 2.75) is 51.2 Å². The number of ether oxygens (including phenoxy) is 1. The van der Waals surface area contributed by atoms with Crippen LogP contribution in [0.1, 0.15) is 43.2 Å². The third kappa shape index (κ3) is 7.24. The van der Waals surface area contributed by atoms with Gasteiger partial charge in [-0.2, -0.15) is 0 Å². The summed E-state index contributed by atoms with van der Waals surface area (Å²) in [7, 11) is 0. The predicted molar refractivity (Wildman–Crippen MR) is 154 cm³/mol. The molecule has 37 heavy (non-hydrogen) atoms. The molecule has 0 heterocycles. The summed E-state index contributed by atoms with van der Waals surface area (Å²) < 4.78 is 6.24. The maximum atomic E-state index is 6.24. The Labute approximate surface area is 222 Å². The molecule has 0 atom stereocenters. The Morgan fingerprint density at radius 3 is 1.70 bits per heavy atom. The van der Waals surface area contributed by atoms with Crippen LogP contribution in [0.25, 0.3) is 0 Å². The van der Waals surface area contributed by atoms with Crippen molar-refractivity contribution in [2.24, 2.45) is 0 Å². The number of hydrogen-bond acceptors (Lipinski definition) is 3. The summed E-state index contributed by atoms with van der Waals surface area (Å²) in [5.41, 5.74) is 5.03. The lowest BCUT2D eigenvalue weighted by Gasteiger charge is -2.34. The van der Waals surface area contributed by atoms with Crippen LogP contribution in [0.2, 0.25) is 0 Å². The average molecular weight is 491 g/mol. The van der Waals surface area contributed by atoms with E-state index in [-0.39, 0.29) is 0 Å². The molecular weight excluding hydrogens is 452 g/mol. The summed E-state index contributed by atoms with van der Waals surface area (Å²) in [5.74, 6) is 0.943. The first-order valence-electron chi connectivity index (χ1n) is 13.7. The molecule has 3 heteroatoms. The monoisotopic (exact) mass is 490 g/mol. The van der Waals surface area contributed by atoms with Crippen molar-refractivity contribution in [3.63, 3.8) is 0 Å². The van der Waals surface area contributed by atoms with Crippen molar-refractivity contribution in [3.8, 4) is 5.75 Å². The third-order valence-electron chi connectivity index (χ3n) is 7.37. The predicted octanol–water partition coefficient (Wildman–Crippen LogP) is 8.24. The number of benzene rings is 4. The third-order valence-corrected chi connectivity index (χ3v) is 7.37. The zero-order chi connectivity index (χ0) is 25.1. The highest BCUT2D eigenvalue weighted by Gasteiger charge is 2.21. The van der Waals surface area contributed by atoms with Crippen LogP contribution in [0.3, 0.4) is 0 Å². The molecule has 0 aliphatic heterocycles. The lowest BCUT2D eigenvalue weighted by molar-refractivity contribution is 0.123. The lowest BCUT2D eigenvalue weighted by Crippen LogP contribution is -2.39. The zero-order valence-corrected chi connectivity index (χ0v) is 21.7. The Kier molecular flexibility index (Phi) is 8.90. The highest BCUT2D eigenvalue weighted by molar-refractivity contribution is 5.63. The van der Waals surface area contributed by atoms with Gasteiger partial charge in [0, 0.05) is 37.1 Å². The number of nitrogens with zero attached hydrogens (tertiary/aromatic N) is 2. The second-order valence-electron chi connectivity index (χ2n) is 10.00. The molecule has 3 nitrogen and oxygen atoms in total. The van der Waals surface area contributed by atoms with Crippen molar-refractivity contribution < 1.29 is 4.74 Å². The van der Waals surface area contributed by atoms with Crippen molar-refractivity contribution >= 4 is 11.4 Å². The Hall–Kier alpha value is -3.56. The van der Waals surface area contributed by atoms with Gasteiger partial charge in [-0.25, -0.2) is 0 Å². The van der Waals surface area contributed by atoms with Crippen LogP contribution in [-0.2, 0) is 13.1 Å². The van der Waals surface area contributed by atoms with Crippen molar-refractivity contribution in [2.75, 3.05) is 18.1 Å². The topological polar surface area (TPSA) is 15.7 Å². The Bertz CT molecular complexity index is 1130. The molecule has 5 rings (SSSR count). The quantitative estimate of drug-likeness (QED) is 0.211. The van der Waals surface area contributed by atoms with E-state index >= 15 is 0 Å². The van der Waals surface area contributed by atoms with Crippen LogP contribution in [0.4, 0.5) is 11.4 Å². The minimum absolute atomic E-state index is 0.668. The molecule has 0 radical (unpaired) electrons. The minimum Gasteiger partial charge on any atom is -0.492 e. The molecule has 0 aromatic heterocycles. The second-order valence-corrected chi connectivity index (χ2v) is 10.00. The van der Waals surface area contributed by atoms with E-state index in [9.17, 15) is 0 Å². The molecule has 4 aromatic rings. The summed E-state index contributed by atoms with van der Waals surface area (Å²) in [6.45, 7) is 3.48. The van der Waals surface area contributed by atoms with Crippen molar-refractivity contribution in [1.29, 1.82) is 0 Å². The van der Waals surface area contributed by atoms with Gasteiger partial charge in [-0.15, -0.1) is 0 Å². The van der Waals surface area contributed by atoms with Crippen LogP contribution in [-0.4, -0.2) is 24.1 Å². The first-order valence-corrected chi connectivity index (χ1v) is 13.7. The van der Waals surface area contributed by atoms with Gasteiger partial charge in [0.05, 0.1) is 0 Å². The smallest absolute Gasteiger partial charge is 0.119 e. The van der Waals surface area contributed by atoms with Gasteiger partial charge in [0.15, 0.2) is 0 Å². The van der Waals surface area contributed by atoms with Gasteiger partial charge in [0.1, 0.15) is 12.4 Å². The first kappa shape index (κ1) is 25.1. The van der Waals surface area contributed by atoms with E-state index in [1.807, 2.05) is 0 Å². The van der Waals surface area contributed by atoms with Gasteiger partial charge in [-0.1, -0.05) is 98.1 Å². The van der Waals surface area contributed by atoms with E-state index in [4.69, 9.17) is 4.74 Å². The van der Waals surface area contributed by atoms with E-state index in [0.717, 1.165) is 25.4 Å². The molecule has 1 aliphatic rings. The highest BCUT2D eigenvalue weighted by atomic mass is 16.5. The second kappa shape index (κ2) is 13.1. The molecule has 1 aliphatic carbocycles. The molecule has 0 N–H and O–H groups in total. The molecule has 0 bridgehead atoms. The van der Waals surface area contributed by atoms with Gasteiger partial charge >= 0.3 is 0 Å². The van der Waals surface area contributed by atoms with Crippen LogP contribution >= 0.6 is 0 Å². The van der Waals surface area contributed by atoms with Gasteiger partial charge < -0.3 is 9.64 Å². The van der Waals surface area contributed by atoms with E-state index in [2.05, 4.69) is 125 Å². The SMILES string of the molecule is c1ccc(CN(CCOc2ccc(CN(c3ccccc3)c3ccccc3)cc2)C2CCCCC2)cc1. The largest absolute Gasteiger partial charge is 0.492 e. The molecule has 4 aromatic carbocycles. The minimum atomic E-state index is 0.668. The van der Waals surface area contributed by atoms with Crippen LogP contribution in [0.15, 0.2) is 115 Å². The normalized spacial score (nSPS) is 14.0. The fraction of sp³-hybridized carbons (Fsp3) is 0.294. The summed E-state index contributed by atoms with van der Waals surface area (Å²) >= 11 is 0. The van der Waals surface area contributed by atoms with E-state index in [0.29, 0.717) is 12.6 Å². The molecule has 0 spiro atoms. The molecule has 0 unspecified atom stereocenters. The zero-order valence-electron chi connectivity index (χ0n) is 21.7. The molecule has 1 fully saturated rings. The van der Waals surface area contributed by atoms with E-state index < -0.39 is 0 Å². The molecule has 1 saturated carbocycles. The van der Waals surface area contributed by atoms with Crippen molar-refractivity contribution in [3.05, 3.63) is 126 Å². The Balaban J connectivity index is 1.20. The Morgan fingerprint density at radius 1 is 0.568 bits per heavy atom. The number of para-hydroxylation sites is 2. The summed E-state index contributed by atoms with van der Waals surface area (Å²) in [5, 5.41) is 0. The van der Waals surface area contributed by atoms with Gasteiger partial charge in [-0.05, 0) is 60.4 Å². The van der Waals surface area contributed by atoms with Gasteiger partial charge in [0.2, 0.25) is 0 Å². The summed E-state index contributed by atoms with van der Waals surface area (Å²) in [6, 6.07) is 41.3. The summed E-state index contributed by atoms with van der Waals surface area (Å²) in [6.07, 6.45) is 6.69. The van der Waals surface area contributed by atoms with E-state index in [1.165, 1.54) is 54.6 Å². The average Bonchev–Trinajstić information content (AvgIpc) is 2.98.